The van der Waals surface area contributed by atoms with Gasteiger partial charge >= 0.3 is 0 Å². The molecule has 0 saturated carbocycles. The minimum atomic E-state index is -3.51. The second-order valence-corrected chi connectivity index (χ2v) is 8.62. The molecule has 1 aliphatic heterocycles. The Balaban J connectivity index is 1.73. The van der Waals surface area contributed by atoms with Crippen LogP contribution in [0.2, 0.25) is 0 Å². The molecular weight excluding hydrogens is 356 g/mol. The number of hydrogen-bond acceptors (Lipinski definition) is 5. The summed E-state index contributed by atoms with van der Waals surface area (Å²) in [7, 11) is -3.51. The van der Waals surface area contributed by atoms with Crippen LogP contribution in [0.4, 0.5) is 0 Å². The third-order valence-electron chi connectivity index (χ3n) is 4.52. The second-order valence-electron chi connectivity index (χ2n) is 6.07. The predicted molar refractivity (Wildman–Crippen MR) is 100 cm³/mol. The zero-order chi connectivity index (χ0) is 17.7. The molecule has 0 aliphatic carbocycles. The molecule has 1 atom stereocenters. The molecule has 1 saturated heterocycles. The number of ether oxygens (including phenoxy) is 1. The fourth-order valence-electron chi connectivity index (χ4n) is 2.99. The van der Waals surface area contributed by atoms with E-state index in [1.54, 1.807) is 23.5 Å². The Hall–Kier alpha value is -1.25. The van der Waals surface area contributed by atoms with Gasteiger partial charge in [0, 0.05) is 25.7 Å². The van der Waals surface area contributed by atoms with E-state index in [2.05, 4.69) is 28.0 Å². The summed E-state index contributed by atoms with van der Waals surface area (Å²) in [6, 6.07) is 9.18. The molecule has 1 aromatic carbocycles. The van der Waals surface area contributed by atoms with Crippen LogP contribution in [-0.2, 0) is 21.2 Å². The lowest BCUT2D eigenvalue weighted by molar-refractivity contribution is 0.0173. The summed E-state index contributed by atoms with van der Waals surface area (Å²) in [6.07, 6.45) is 0.894. The first kappa shape index (κ1) is 18.5. The van der Waals surface area contributed by atoms with Gasteiger partial charge in [-0.25, -0.2) is 13.1 Å². The molecule has 0 spiro atoms. The first-order valence-electron chi connectivity index (χ1n) is 8.52. The third kappa shape index (κ3) is 4.68. The van der Waals surface area contributed by atoms with Crippen LogP contribution in [0.5, 0.6) is 0 Å². The van der Waals surface area contributed by atoms with E-state index in [0.717, 1.165) is 30.6 Å². The Morgan fingerprint density at radius 1 is 1.20 bits per heavy atom. The van der Waals surface area contributed by atoms with Crippen molar-refractivity contribution in [3.63, 3.8) is 0 Å². The molecule has 0 bridgehead atoms. The Kier molecular flexibility index (Phi) is 6.24. The van der Waals surface area contributed by atoms with Gasteiger partial charge in [-0.1, -0.05) is 19.1 Å². The molecular formula is C18H24N2O3S2. The van der Waals surface area contributed by atoms with Crippen LogP contribution in [0.15, 0.2) is 46.0 Å². The summed E-state index contributed by atoms with van der Waals surface area (Å²) in [5.41, 5.74) is 2.28. The van der Waals surface area contributed by atoms with Crippen molar-refractivity contribution in [2.24, 2.45) is 0 Å². The van der Waals surface area contributed by atoms with E-state index >= 15 is 0 Å². The molecule has 0 radical (unpaired) electrons. The zero-order valence-corrected chi connectivity index (χ0v) is 16.0. The van der Waals surface area contributed by atoms with E-state index in [1.165, 1.54) is 0 Å². The van der Waals surface area contributed by atoms with Gasteiger partial charge in [0.15, 0.2) is 0 Å². The van der Waals surface area contributed by atoms with Crippen molar-refractivity contribution in [1.82, 2.24) is 9.62 Å². The topological polar surface area (TPSA) is 58.6 Å². The molecule has 1 unspecified atom stereocenters. The van der Waals surface area contributed by atoms with Crippen molar-refractivity contribution in [3.05, 3.63) is 52.2 Å². The van der Waals surface area contributed by atoms with Gasteiger partial charge in [0.25, 0.3) is 0 Å². The summed E-state index contributed by atoms with van der Waals surface area (Å²) in [5.74, 6) is 0. The molecule has 1 fully saturated rings. The molecule has 3 rings (SSSR count). The molecule has 136 valence electrons. The highest BCUT2D eigenvalue weighted by molar-refractivity contribution is 7.89. The highest BCUT2D eigenvalue weighted by Crippen LogP contribution is 2.24. The number of nitrogens with one attached hydrogen (secondary N) is 1. The first-order chi connectivity index (χ1) is 12.1. The zero-order valence-electron chi connectivity index (χ0n) is 14.3. The quantitative estimate of drug-likeness (QED) is 0.802. The summed E-state index contributed by atoms with van der Waals surface area (Å²) in [6.45, 7) is 5.41. The summed E-state index contributed by atoms with van der Waals surface area (Å²) in [4.78, 5) is 2.60. The van der Waals surface area contributed by atoms with E-state index in [-0.39, 0.29) is 6.04 Å². The maximum absolute atomic E-state index is 12.6. The first-order valence-corrected chi connectivity index (χ1v) is 11.0. The molecule has 1 aromatic heterocycles. The molecule has 7 heteroatoms. The molecule has 2 heterocycles. The van der Waals surface area contributed by atoms with Gasteiger partial charge < -0.3 is 4.74 Å². The number of thiophene rings is 1. The number of aryl methyl sites for hydroxylation is 1. The Bertz CT molecular complexity index is 752. The Morgan fingerprint density at radius 2 is 1.92 bits per heavy atom. The third-order valence-corrected chi connectivity index (χ3v) is 6.66. The van der Waals surface area contributed by atoms with E-state index in [9.17, 15) is 8.42 Å². The lowest BCUT2D eigenvalue weighted by Gasteiger charge is -2.34. The molecule has 25 heavy (non-hydrogen) atoms. The van der Waals surface area contributed by atoms with Gasteiger partial charge in [-0.15, -0.1) is 0 Å². The molecule has 0 amide bonds. The fourth-order valence-corrected chi connectivity index (χ4v) is 4.73. The molecule has 2 aromatic rings. The largest absolute Gasteiger partial charge is 0.379 e. The van der Waals surface area contributed by atoms with Gasteiger partial charge in [0.1, 0.15) is 0 Å². The number of hydrogen-bond donors (Lipinski definition) is 1. The van der Waals surface area contributed by atoms with E-state index in [0.29, 0.717) is 24.7 Å². The monoisotopic (exact) mass is 380 g/mol. The van der Waals surface area contributed by atoms with Crippen LogP contribution in [0.3, 0.4) is 0 Å². The van der Waals surface area contributed by atoms with Crippen molar-refractivity contribution in [1.29, 1.82) is 0 Å². The van der Waals surface area contributed by atoms with Crippen LogP contribution in [0.25, 0.3) is 0 Å². The summed E-state index contributed by atoms with van der Waals surface area (Å²) >= 11 is 1.63. The van der Waals surface area contributed by atoms with Crippen LogP contribution in [0.1, 0.15) is 24.1 Å². The fraction of sp³-hybridized carbons (Fsp3) is 0.444. The summed E-state index contributed by atoms with van der Waals surface area (Å²) in [5, 5.41) is 4.12. The summed E-state index contributed by atoms with van der Waals surface area (Å²) < 4.78 is 33.5. The highest BCUT2D eigenvalue weighted by Gasteiger charge is 2.25. The number of benzene rings is 1. The number of morpholine rings is 1. The SMILES string of the molecule is CCc1ccc(S(=O)(=O)NCC(c2ccsc2)N2CCOCC2)cc1. The maximum Gasteiger partial charge on any atom is 0.240 e. The van der Waals surface area contributed by atoms with Crippen molar-refractivity contribution >= 4 is 21.4 Å². The van der Waals surface area contributed by atoms with Gasteiger partial charge in [-0.3, -0.25) is 4.90 Å². The van der Waals surface area contributed by atoms with Crippen molar-refractivity contribution in [2.75, 3.05) is 32.8 Å². The average Bonchev–Trinajstić information content (AvgIpc) is 3.17. The second kappa shape index (κ2) is 8.42. The standard InChI is InChI=1S/C18H24N2O3S2/c1-2-15-3-5-17(6-4-15)25(21,22)19-13-18(16-7-12-24-14-16)20-8-10-23-11-9-20/h3-7,12,14,18-19H,2,8-11,13H2,1H3. The van der Waals surface area contributed by atoms with E-state index in [1.807, 2.05) is 17.5 Å². The predicted octanol–water partition coefficient (Wildman–Crippen LogP) is 2.66. The number of sulfonamides is 1. The van der Waals surface area contributed by atoms with Crippen LogP contribution < -0.4 is 4.72 Å². The minimum absolute atomic E-state index is 0.0276. The number of rotatable bonds is 7. The smallest absolute Gasteiger partial charge is 0.240 e. The Morgan fingerprint density at radius 3 is 2.52 bits per heavy atom. The lowest BCUT2D eigenvalue weighted by Crippen LogP contribution is -2.43. The van der Waals surface area contributed by atoms with Crippen molar-refractivity contribution in [2.45, 2.75) is 24.3 Å². The van der Waals surface area contributed by atoms with E-state index in [4.69, 9.17) is 4.74 Å². The lowest BCUT2D eigenvalue weighted by atomic mass is 10.1. The minimum Gasteiger partial charge on any atom is -0.379 e. The average molecular weight is 381 g/mol. The molecule has 5 nitrogen and oxygen atoms in total. The van der Waals surface area contributed by atoms with Crippen LogP contribution in [0, 0.1) is 0 Å². The van der Waals surface area contributed by atoms with Crippen LogP contribution >= 0.6 is 11.3 Å². The number of nitrogens with zero attached hydrogens (tertiary/aromatic N) is 1. The Labute approximate surface area is 153 Å². The van der Waals surface area contributed by atoms with Gasteiger partial charge in [0.05, 0.1) is 18.1 Å². The van der Waals surface area contributed by atoms with Crippen LogP contribution in [-0.4, -0.2) is 46.2 Å². The molecule has 1 aliphatic rings. The highest BCUT2D eigenvalue weighted by atomic mass is 32.2. The van der Waals surface area contributed by atoms with Gasteiger partial charge in [-0.05, 0) is 46.5 Å². The van der Waals surface area contributed by atoms with Gasteiger partial charge in [0.2, 0.25) is 10.0 Å². The van der Waals surface area contributed by atoms with Crippen molar-refractivity contribution in [3.8, 4) is 0 Å². The van der Waals surface area contributed by atoms with E-state index < -0.39 is 10.0 Å². The molecule has 1 N–H and O–H groups in total. The maximum atomic E-state index is 12.6. The van der Waals surface area contributed by atoms with Gasteiger partial charge in [-0.2, -0.15) is 11.3 Å². The normalized spacial score (nSPS) is 17.5. The van der Waals surface area contributed by atoms with Crippen molar-refractivity contribution < 1.29 is 13.2 Å².